The zero-order valence-electron chi connectivity index (χ0n) is 5.84. The fraction of sp³-hybridized carbons (Fsp3) is 0.250. The van der Waals surface area contributed by atoms with Crippen molar-refractivity contribution in [3.05, 3.63) is 35.4 Å². The number of alkyl halides is 1. The van der Waals surface area contributed by atoms with Crippen LogP contribution in [0.5, 0.6) is 0 Å². The molecule has 2 heteroatoms. The second kappa shape index (κ2) is 2.87. The second-order valence-electron chi connectivity index (χ2n) is 2.26. The van der Waals surface area contributed by atoms with E-state index >= 15 is 0 Å². The number of rotatable bonds is 1. The Morgan fingerprint density at radius 2 is 2.00 bits per heavy atom. The molecule has 0 saturated carbocycles. The third-order valence-corrected chi connectivity index (χ3v) is 1.49. The Morgan fingerprint density at radius 1 is 1.40 bits per heavy atom. The molecule has 0 aliphatic carbocycles. The van der Waals surface area contributed by atoms with Gasteiger partial charge >= 0.3 is 0 Å². The summed E-state index contributed by atoms with van der Waals surface area (Å²) in [6.45, 7) is 1.84. The Balaban J connectivity index is 3.03. The molecule has 0 N–H and O–H groups in total. The highest BCUT2D eigenvalue weighted by atomic mass is 19.1. The minimum Gasteiger partial charge on any atom is -0.253 e. The van der Waals surface area contributed by atoms with E-state index in [0.717, 1.165) is 5.56 Å². The molecule has 0 saturated heterocycles. The molecule has 1 aromatic carbocycles. The van der Waals surface area contributed by atoms with E-state index in [1.807, 2.05) is 19.1 Å². The predicted molar refractivity (Wildman–Crippen MR) is 40.8 cm³/mol. The largest absolute Gasteiger partial charge is 0.253 e. The van der Waals surface area contributed by atoms with Gasteiger partial charge in [0.25, 0.3) is 0 Å². The van der Waals surface area contributed by atoms with Crippen molar-refractivity contribution in [3.63, 3.8) is 0 Å². The molecule has 0 aromatic heterocycles. The Kier molecular flexibility index (Phi) is 2.10. The molecule has 0 fully saturated rings. The molecule has 2 radical (unpaired) electrons. The summed E-state index contributed by atoms with van der Waals surface area (Å²) in [5, 5.41) is 0. The van der Waals surface area contributed by atoms with Crippen LogP contribution < -0.4 is 0 Å². The number of aryl methyl sites for hydroxylation is 1. The lowest BCUT2D eigenvalue weighted by molar-refractivity contribution is 0.458. The SMILES string of the molecule is [B]C(F)c1ccccc1C. The van der Waals surface area contributed by atoms with Crippen LogP contribution >= 0.6 is 0 Å². The first-order valence-electron chi connectivity index (χ1n) is 3.17. The Hall–Kier alpha value is -0.785. The van der Waals surface area contributed by atoms with Crippen molar-refractivity contribution in [2.45, 2.75) is 13.0 Å². The predicted octanol–water partition coefficient (Wildman–Crippen LogP) is 2.13. The van der Waals surface area contributed by atoms with Crippen LogP contribution in [-0.4, -0.2) is 7.85 Å². The summed E-state index contributed by atoms with van der Waals surface area (Å²) >= 11 is 0. The van der Waals surface area contributed by atoms with Crippen LogP contribution in [0.1, 0.15) is 17.2 Å². The summed E-state index contributed by atoms with van der Waals surface area (Å²) in [7, 11) is 5.05. The zero-order chi connectivity index (χ0) is 7.56. The number of hydrogen-bond acceptors (Lipinski definition) is 0. The Labute approximate surface area is 61.5 Å². The van der Waals surface area contributed by atoms with Crippen LogP contribution in [0.25, 0.3) is 0 Å². The van der Waals surface area contributed by atoms with Gasteiger partial charge in [0.05, 0.1) is 6.07 Å². The number of halogens is 1. The van der Waals surface area contributed by atoms with E-state index in [0.29, 0.717) is 5.56 Å². The van der Waals surface area contributed by atoms with Gasteiger partial charge in [-0.2, -0.15) is 0 Å². The third-order valence-electron chi connectivity index (χ3n) is 1.49. The van der Waals surface area contributed by atoms with E-state index < -0.39 is 6.07 Å². The summed E-state index contributed by atoms with van der Waals surface area (Å²) in [5.41, 5.74) is 1.47. The van der Waals surface area contributed by atoms with Gasteiger partial charge in [0, 0.05) is 0 Å². The molecular weight excluding hydrogens is 126 g/mol. The van der Waals surface area contributed by atoms with Crippen molar-refractivity contribution in [1.29, 1.82) is 0 Å². The molecule has 0 nitrogen and oxygen atoms in total. The van der Waals surface area contributed by atoms with Crippen molar-refractivity contribution in [1.82, 2.24) is 0 Å². The highest BCUT2D eigenvalue weighted by Gasteiger charge is 2.02. The van der Waals surface area contributed by atoms with Crippen molar-refractivity contribution in [3.8, 4) is 0 Å². The van der Waals surface area contributed by atoms with Crippen LogP contribution in [-0.2, 0) is 0 Å². The maximum absolute atomic E-state index is 12.5. The summed E-state index contributed by atoms with van der Waals surface area (Å²) in [6, 6.07) is 7.18. The Morgan fingerprint density at radius 3 is 2.40 bits per heavy atom. The van der Waals surface area contributed by atoms with E-state index in [1.54, 1.807) is 12.1 Å². The first-order valence-corrected chi connectivity index (χ1v) is 3.17. The average molecular weight is 134 g/mol. The second-order valence-corrected chi connectivity index (χ2v) is 2.26. The van der Waals surface area contributed by atoms with Crippen LogP contribution in [0, 0.1) is 6.92 Å². The summed E-state index contributed by atoms with van der Waals surface area (Å²) in [6.07, 6.45) is -1.35. The molecule has 0 bridgehead atoms. The summed E-state index contributed by atoms with van der Waals surface area (Å²) < 4.78 is 12.5. The number of hydrogen-bond donors (Lipinski definition) is 0. The first-order chi connectivity index (χ1) is 4.72. The molecule has 1 rings (SSSR count). The monoisotopic (exact) mass is 134 g/mol. The molecule has 1 unspecified atom stereocenters. The molecule has 0 aliphatic heterocycles. The first kappa shape index (κ1) is 7.32. The Bertz CT molecular complexity index is 220. The quantitative estimate of drug-likeness (QED) is 0.516. The van der Waals surface area contributed by atoms with Crippen molar-refractivity contribution in [2.75, 3.05) is 0 Å². The van der Waals surface area contributed by atoms with Crippen molar-refractivity contribution < 1.29 is 4.39 Å². The topological polar surface area (TPSA) is 0 Å². The van der Waals surface area contributed by atoms with E-state index in [4.69, 9.17) is 7.85 Å². The van der Waals surface area contributed by atoms with Crippen molar-refractivity contribution in [2.24, 2.45) is 0 Å². The maximum atomic E-state index is 12.5. The third kappa shape index (κ3) is 1.38. The lowest BCUT2D eigenvalue weighted by Gasteiger charge is -2.04. The standard InChI is InChI=1S/C8H8BF/c1-6-4-2-3-5-7(6)8(9)10/h2-5,8H,1H3. The highest BCUT2D eigenvalue weighted by Crippen LogP contribution is 2.16. The summed E-state index contributed by atoms with van der Waals surface area (Å²) in [5.74, 6) is 0. The fourth-order valence-electron chi connectivity index (χ4n) is 0.896. The van der Waals surface area contributed by atoms with Crippen molar-refractivity contribution >= 4 is 7.85 Å². The lowest BCUT2D eigenvalue weighted by Crippen LogP contribution is -1.92. The van der Waals surface area contributed by atoms with Gasteiger partial charge in [-0.25, -0.2) is 0 Å². The highest BCUT2D eigenvalue weighted by molar-refractivity contribution is 6.11. The molecule has 10 heavy (non-hydrogen) atoms. The van der Waals surface area contributed by atoms with E-state index in [1.165, 1.54) is 0 Å². The molecule has 1 atom stereocenters. The zero-order valence-corrected chi connectivity index (χ0v) is 5.84. The minimum absolute atomic E-state index is 0.572. The lowest BCUT2D eigenvalue weighted by atomic mass is 9.91. The molecule has 0 amide bonds. The van der Waals surface area contributed by atoms with E-state index in [9.17, 15) is 4.39 Å². The van der Waals surface area contributed by atoms with Gasteiger partial charge in [0.2, 0.25) is 0 Å². The van der Waals surface area contributed by atoms with Crippen LogP contribution in [0.3, 0.4) is 0 Å². The van der Waals surface area contributed by atoms with Crippen LogP contribution in [0.15, 0.2) is 24.3 Å². The van der Waals surface area contributed by atoms with Gasteiger partial charge in [-0.1, -0.05) is 24.3 Å². The molecule has 0 heterocycles. The van der Waals surface area contributed by atoms with E-state index in [-0.39, 0.29) is 0 Å². The molecule has 0 aliphatic rings. The molecular formula is C8H8BF. The van der Waals surface area contributed by atoms with Gasteiger partial charge in [0.1, 0.15) is 7.85 Å². The van der Waals surface area contributed by atoms with Gasteiger partial charge < -0.3 is 0 Å². The number of benzene rings is 1. The molecule has 1 aromatic rings. The van der Waals surface area contributed by atoms with E-state index in [2.05, 4.69) is 0 Å². The average Bonchev–Trinajstić information content (AvgIpc) is 1.88. The van der Waals surface area contributed by atoms with Gasteiger partial charge in [-0.15, -0.1) is 0 Å². The van der Waals surface area contributed by atoms with Gasteiger partial charge in [-0.3, -0.25) is 4.39 Å². The van der Waals surface area contributed by atoms with Crippen LogP contribution in [0.2, 0.25) is 0 Å². The fourth-order valence-corrected chi connectivity index (χ4v) is 0.896. The van der Waals surface area contributed by atoms with Crippen LogP contribution in [0.4, 0.5) is 4.39 Å². The molecule has 50 valence electrons. The smallest absolute Gasteiger partial charge is 0.123 e. The van der Waals surface area contributed by atoms with Gasteiger partial charge in [-0.05, 0) is 18.1 Å². The van der Waals surface area contributed by atoms with Gasteiger partial charge in [0.15, 0.2) is 0 Å². The normalized spacial score (nSPS) is 13.0. The minimum atomic E-state index is -1.35. The molecule has 0 spiro atoms. The maximum Gasteiger partial charge on any atom is 0.123 e. The summed E-state index contributed by atoms with van der Waals surface area (Å²) in [4.78, 5) is 0.